The highest BCUT2D eigenvalue weighted by atomic mass is 19.1. The fourth-order valence-corrected chi connectivity index (χ4v) is 5.88. The molecule has 4 heterocycles. The summed E-state index contributed by atoms with van der Waals surface area (Å²) in [4.78, 5) is 22.7. The van der Waals surface area contributed by atoms with Crippen LogP contribution in [-0.4, -0.2) is 41.0 Å². The van der Waals surface area contributed by atoms with E-state index in [-0.39, 0.29) is 17.9 Å². The summed E-state index contributed by atoms with van der Waals surface area (Å²) in [6.45, 7) is 9.95. The van der Waals surface area contributed by atoms with Crippen molar-refractivity contribution in [1.29, 1.82) is 0 Å². The smallest absolute Gasteiger partial charge is 0.224 e. The first kappa shape index (κ1) is 27.6. The fourth-order valence-electron chi connectivity index (χ4n) is 5.88. The molecule has 4 aromatic heterocycles. The Kier molecular flexibility index (Phi) is 7.31. The number of pyridine rings is 2. The van der Waals surface area contributed by atoms with Gasteiger partial charge in [-0.25, -0.2) is 14.1 Å². The van der Waals surface area contributed by atoms with Crippen molar-refractivity contribution in [3.8, 4) is 5.82 Å². The molecule has 0 bridgehead atoms. The van der Waals surface area contributed by atoms with Gasteiger partial charge in [0.05, 0.1) is 29.8 Å². The van der Waals surface area contributed by atoms with Gasteiger partial charge in [0.2, 0.25) is 5.91 Å². The molecule has 0 spiro atoms. The highest BCUT2D eigenvalue weighted by Gasteiger charge is 2.48. The topological polar surface area (TPSA) is 122 Å². The van der Waals surface area contributed by atoms with E-state index in [1.807, 2.05) is 58.9 Å². The van der Waals surface area contributed by atoms with Gasteiger partial charge >= 0.3 is 0 Å². The maximum absolute atomic E-state index is 13.5. The maximum Gasteiger partial charge on any atom is 0.224 e. The number of aryl methyl sites for hydroxylation is 2. The molecule has 210 valence electrons. The molecule has 0 radical (unpaired) electrons. The number of aliphatic hydroxyl groups is 1. The van der Waals surface area contributed by atoms with Crippen molar-refractivity contribution in [1.82, 2.24) is 35.3 Å². The van der Waals surface area contributed by atoms with Gasteiger partial charge in [-0.3, -0.25) is 14.9 Å². The second-order valence-corrected chi connectivity index (χ2v) is 11.8. The van der Waals surface area contributed by atoms with E-state index in [2.05, 4.69) is 25.6 Å². The number of nitrogens with one attached hydrogen (secondary N) is 2. The van der Waals surface area contributed by atoms with Crippen molar-refractivity contribution in [3.05, 3.63) is 88.6 Å². The van der Waals surface area contributed by atoms with Gasteiger partial charge in [0.15, 0.2) is 11.6 Å². The molecule has 0 aromatic carbocycles. The fraction of sp³-hybridized carbons (Fsp3) is 0.433. The summed E-state index contributed by atoms with van der Waals surface area (Å²) >= 11 is 0. The number of amides is 1. The quantitative estimate of drug-likeness (QED) is 0.312. The van der Waals surface area contributed by atoms with Crippen LogP contribution in [0.1, 0.15) is 80.0 Å². The summed E-state index contributed by atoms with van der Waals surface area (Å²) in [6, 6.07) is 9.29. The molecule has 1 saturated carbocycles. The SMILES string of the molecule is Cc1cc(Cc2cc(C)[nH]n2)nc([C@]2(O)CC[C@@H](C(=O)N[C@@H](C)c3ccc(-n4cc(F)cn4)nc3)C(C)(C)C2)c1. The van der Waals surface area contributed by atoms with E-state index in [4.69, 9.17) is 4.98 Å². The summed E-state index contributed by atoms with van der Waals surface area (Å²) in [5.41, 5.74) is 3.69. The van der Waals surface area contributed by atoms with E-state index in [0.717, 1.165) is 34.4 Å². The average molecular weight is 546 g/mol. The van der Waals surface area contributed by atoms with Gasteiger partial charge in [0.25, 0.3) is 0 Å². The van der Waals surface area contributed by atoms with Crippen molar-refractivity contribution in [2.45, 2.75) is 71.9 Å². The van der Waals surface area contributed by atoms with Crippen molar-refractivity contribution in [3.63, 3.8) is 0 Å². The molecule has 1 fully saturated rings. The lowest BCUT2D eigenvalue weighted by Gasteiger charge is -2.46. The van der Waals surface area contributed by atoms with E-state index >= 15 is 0 Å². The van der Waals surface area contributed by atoms with Gasteiger partial charge < -0.3 is 10.4 Å². The second kappa shape index (κ2) is 10.6. The molecule has 3 atom stereocenters. The van der Waals surface area contributed by atoms with E-state index in [1.165, 1.54) is 10.9 Å². The molecule has 1 amide bonds. The van der Waals surface area contributed by atoms with Gasteiger partial charge in [-0.2, -0.15) is 10.2 Å². The monoisotopic (exact) mass is 545 g/mol. The highest BCUT2D eigenvalue weighted by Crippen LogP contribution is 2.49. The third kappa shape index (κ3) is 5.82. The van der Waals surface area contributed by atoms with Crippen LogP contribution in [0.15, 0.2) is 48.9 Å². The molecule has 0 aliphatic heterocycles. The summed E-state index contributed by atoms with van der Waals surface area (Å²) in [6.07, 6.45) is 6.02. The van der Waals surface area contributed by atoms with E-state index in [0.29, 0.717) is 37.2 Å². The molecule has 0 saturated heterocycles. The summed E-state index contributed by atoms with van der Waals surface area (Å²) in [7, 11) is 0. The molecule has 9 nitrogen and oxygen atoms in total. The first-order valence-corrected chi connectivity index (χ1v) is 13.6. The number of halogens is 1. The van der Waals surface area contributed by atoms with Crippen molar-refractivity contribution >= 4 is 5.91 Å². The summed E-state index contributed by atoms with van der Waals surface area (Å²) < 4.78 is 14.6. The van der Waals surface area contributed by atoms with Crippen LogP contribution in [0.4, 0.5) is 4.39 Å². The maximum atomic E-state index is 13.5. The normalized spacial score (nSPS) is 21.2. The summed E-state index contributed by atoms with van der Waals surface area (Å²) in [5.74, 6) is -0.266. The zero-order valence-corrected chi connectivity index (χ0v) is 23.6. The van der Waals surface area contributed by atoms with Crippen LogP contribution >= 0.6 is 0 Å². The number of hydrogen-bond acceptors (Lipinski definition) is 6. The van der Waals surface area contributed by atoms with Gasteiger partial charge in [0.1, 0.15) is 5.60 Å². The molecule has 4 aromatic rings. The Morgan fingerprint density at radius 3 is 2.65 bits per heavy atom. The molecular formula is C30H36FN7O2. The van der Waals surface area contributed by atoms with Gasteiger partial charge in [0, 0.05) is 29.9 Å². The average Bonchev–Trinajstić information content (AvgIpc) is 3.50. The lowest BCUT2D eigenvalue weighted by molar-refractivity contribution is -0.138. The Hall–Kier alpha value is -3.92. The zero-order chi connectivity index (χ0) is 28.7. The van der Waals surface area contributed by atoms with E-state index in [1.54, 1.807) is 12.3 Å². The van der Waals surface area contributed by atoms with Crippen molar-refractivity contribution < 1.29 is 14.3 Å². The number of carbonyl (C=O) groups is 1. The number of rotatable bonds is 7. The standard InChI is InChI=1S/C30H36FN7O2/c1-18-10-23(13-24-12-19(2)36-37-24)35-26(11-18)30(40)9-8-25(29(4,5)17-30)28(39)34-20(3)21-6-7-27(32-14-21)38-16-22(31)15-33-38/h6-7,10-12,14-16,20,25,40H,8-9,13,17H2,1-5H3,(H,34,39)(H,36,37)/t20-,25-,30-/m0/s1. The Morgan fingerprint density at radius 2 is 2.02 bits per heavy atom. The van der Waals surface area contributed by atoms with Gasteiger partial charge in [-0.15, -0.1) is 0 Å². The number of carbonyl (C=O) groups excluding carboxylic acids is 1. The number of nitrogens with zero attached hydrogens (tertiary/aromatic N) is 5. The molecule has 5 rings (SSSR count). The van der Waals surface area contributed by atoms with Crippen LogP contribution in [0.25, 0.3) is 5.82 Å². The Bertz CT molecular complexity index is 1510. The van der Waals surface area contributed by atoms with Gasteiger partial charge in [-0.1, -0.05) is 19.9 Å². The molecule has 3 N–H and O–H groups in total. The first-order chi connectivity index (χ1) is 18.9. The van der Waals surface area contributed by atoms with E-state index in [9.17, 15) is 14.3 Å². The van der Waals surface area contributed by atoms with Crippen LogP contribution in [-0.2, 0) is 16.8 Å². The number of hydrogen-bond donors (Lipinski definition) is 3. The van der Waals surface area contributed by atoms with Crippen molar-refractivity contribution in [2.75, 3.05) is 0 Å². The third-order valence-corrected chi connectivity index (χ3v) is 7.89. The van der Waals surface area contributed by atoms with E-state index < -0.39 is 16.8 Å². The van der Waals surface area contributed by atoms with Crippen LogP contribution in [0, 0.1) is 31.0 Å². The van der Waals surface area contributed by atoms with Crippen LogP contribution in [0.2, 0.25) is 0 Å². The zero-order valence-electron chi connectivity index (χ0n) is 23.6. The molecule has 10 heteroatoms. The number of H-pyrrole nitrogens is 1. The van der Waals surface area contributed by atoms with Crippen molar-refractivity contribution in [2.24, 2.45) is 11.3 Å². The van der Waals surface area contributed by atoms with Crippen LogP contribution in [0.3, 0.4) is 0 Å². The summed E-state index contributed by atoms with van der Waals surface area (Å²) in [5, 5.41) is 26.2. The molecule has 0 unspecified atom stereocenters. The Morgan fingerprint density at radius 1 is 1.23 bits per heavy atom. The second-order valence-electron chi connectivity index (χ2n) is 11.8. The molecule has 40 heavy (non-hydrogen) atoms. The lowest BCUT2D eigenvalue weighted by atomic mass is 9.62. The van der Waals surface area contributed by atoms with Crippen LogP contribution in [0.5, 0.6) is 0 Å². The predicted molar refractivity (Wildman–Crippen MR) is 148 cm³/mol. The minimum absolute atomic E-state index is 0.0513. The third-order valence-electron chi connectivity index (χ3n) is 7.89. The minimum atomic E-state index is -1.13. The minimum Gasteiger partial charge on any atom is -0.384 e. The van der Waals surface area contributed by atoms with Crippen LogP contribution < -0.4 is 5.32 Å². The highest BCUT2D eigenvalue weighted by molar-refractivity contribution is 5.80. The first-order valence-electron chi connectivity index (χ1n) is 13.6. The Labute approximate surface area is 233 Å². The molecule has 1 aliphatic rings. The number of aromatic nitrogens is 6. The van der Waals surface area contributed by atoms with Gasteiger partial charge in [-0.05, 0) is 80.8 Å². The lowest BCUT2D eigenvalue weighted by Crippen LogP contribution is -2.48. The number of aromatic amines is 1. The molecule has 1 aliphatic carbocycles. The largest absolute Gasteiger partial charge is 0.384 e. The predicted octanol–water partition coefficient (Wildman–Crippen LogP) is 4.62. The molecular weight excluding hydrogens is 509 g/mol. The Balaban J connectivity index is 1.26.